The van der Waals surface area contributed by atoms with Crippen LogP contribution in [0.5, 0.6) is 17.2 Å². The van der Waals surface area contributed by atoms with E-state index < -0.39 is 89.7 Å². The van der Waals surface area contributed by atoms with Gasteiger partial charge >= 0.3 is 6.09 Å². The molecule has 3 fully saturated rings. The first-order valence-corrected chi connectivity index (χ1v) is 29.3. The summed E-state index contributed by atoms with van der Waals surface area (Å²) in [6.07, 6.45) is -6.70. The molecule has 15 atom stereocenters. The van der Waals surface area contributed by atoms with Crippen molar-refractivity contribution < 1.29 is 82.6 Å². The van der Waals surface area contributed by atoms with Gasteiger partial charge in [-0.25, -0.2) is 4.79 Å². The molecule has 1 unspecified atom stereocenters. The average Bonchev–Trinajstić information content (AvgIpc) is 3.36. The summed E-state index contributed by atoms with van der Waals surface area (Å²) in [6.45, 7) is 7.89. The van der Waals surface area contributed by atoms with E-state index in [9.17, 15) is 35.1 Å². The molecule has 3 aliphatic heterocycles. The summed E-state index contributed by atoms with van der Waals surface area (Å²) in [5.41, 5.74) is 1.90. The van der Waals surface area contributed by atoms with Crippen molar-refractivity contribution in [2.45, 2.75) is 138 Å². The van der Waals surface area contributed by atoms with Crippen molar-refractivity contribution >= 4 is 77.0 Å². The number of hydrogen-bond donors (Lipinski definition) is 8. The number of hydrogen-bond acceptors (Lipinski definition) is 23. The third kappa shape index (κ3) is 14.2. The first kappa shape index (κ1) is 59.7. The van der Waals surface area contributed by atoms with Gasteiger partial charge in [-0.15, -0.1) is 0 Å². The molecular weight excluding hydrogens is 1150 g/mol. The Labute approximate surface area is 454 Å². The molecule has 2 bridgehead atoms. The SMILES string of the molecule is CCN[C@H]1CO[C@@H](O[C@H]2[C@H](O[C@H]3C#C/C=C\C#C[C@]4(O)C[C@@H](O)C(NC(=O)OC)=C3/C4=C/CSSSC)O[C@H](C)C(NO[C@H]3C[C@H](O)[C@H](SC(=O)c4c(C)c(I)c(O)c(OC)c4OC)[C@@H](C)O3)[C@@H]2O)C[C@@H]1OC. The van der Waals surface area contributed by atoms with Crippen LogP contribution in [-0.2, 0) is 38.0 Å². The van der Waals surface area contributed by atoms with Crippen molar-refractivity contribution in [3.8, 4) is 40.9 Å². The number of allylic oxidation sites excluding steroid dienone is 2. The standard InChI is InChI=1S/C48H64IN3O17S4/c1-10-50-27-22-64-32(20-31(27)60-5)68-43-40(56)37(52-69-33-19-28(53)44(25(4)65-33)72-45(57)34-23(2)36(49)39(55)42(62-7)41(34)61-6)24(3)66-46(43)67-30-15-13-11-12-14-17-48(59)21-29(54)38(51-47(58)63-8)35(30)26(48)16-18-71-73-70-9/h11-12,16,24-25,27-33,37,40,43-44,46,50,52-56,59H,10,18-22H2,1-9H3,(H,51,58)/b12-11-,26-16-/t24-,25-,27+,28+,29-,30+,31+,32+,33+,37?,40+,43-,44-,46+,48+/m1/s1. The van der Waals surface area contributed by atoms with Crippen LogP contribution < -0.4 is 25.6 Å². The van der Waals surface area contributed by atoms with Crippen molar-refractivity contribution in [2.75, 3.05) is 53.6 Å². The number of benzene rings is 1. The molecule has 20 nitrogen and oxygen atoms in total. The summed E-state index contributed by atoms with van der Waals surface area (Å²) in [7, 11) is 10.0. The van der Waals surface area contributed by atoms with Crippen LogP contribution in [0, 0.1) is 34.2 Å². The molecule has 0 saturated carbocycles. The molecule has 0 aromatic heterocycles. The van der Waals surface area contributed by atoms with Crippen molar-refractivity contribution in [2.24, 2.45) is 0 Å². The van der Waals surface area contributed by atoms with Gasteiger partial charge in [0.2, 0.25) is 10.9 Å². The smallest absolute Gasteiger partial charge is 0.411 e. The second-order valence-electron chi connectivity index (χ2n) is 17.2. The lowest BCUT2D eigenvalue weighted by Gasteiger charge is -2.47. The van der Waals surface area contributed by atoms with Crippen molar-refractivity contribution in [3.63, 3.8) is 0 Å². The zero-order valence-corrected chi connectivity index (χ0v) is 47.1. The first-order chi connectivity index (χ1) is 34.9. The van der Waals surface area contributed by atoms with Gasteiger partial charge in [-0.3, -0.25) is 14.9 Å². The van der Waals surface area contributed by atoms with Gasteiger partial charge in [0.15, 0.2) is 36.0 Å². The highest BCUT2D eigenvalue weighted by Gasteiger charge is 2.51. The van der Waals surface area contributed by atoms with E-state index in [2.05, 4.69) is 39.8 Å². The Morgan fingerprint density at radius 1 is 1.01 bits per heavy atom. The molecular formula is C48H64IN3O17S4. The van der Waals surface area contributed by atoms with Gasteiger partial charge in [0.05, 0.1) is 90.6 Å². The molecule has 404 valence electrons. The van der Waals surface area contributed by atoms with Gasteiger partial charge < -0.3 is 73.5 Å². The third-order valence-corrected chi connectivity index (χ3v) is 19.1. The van der Waals surface area contributed by atoms with E-state index in [1.807, 2.05) is 35.8 Å². The fraction of sp³-hybridized carbons (Fsp3) is 0.625. The molecule has 73 heavy (non-hydrogen) atoms. The van der Waals surface area contributed by atoms with E-state index in [1.54, 1.807) is 34.0 Å². The van der Waals surface area contributed by atoms with Crippen LogP contribution in [0.4, 0.5) is 4.79 Å². The maximum absolute atomic E-state index is 13.9. The second-order valence-corrected chi connectivity index (χ2v) is 23.8. The summed E-state index contributed by atoms with van der Waals surface area (Å²) < 4.78 is 54.4. The molecule has 1 aromatic carbocycles. The molecule has 2 aliphatic carbocycles. The minimum atomic E-state index is -1.94. The molecule has 6 rings (SSSR count). The van der Waals surface area contributed by atoms with Crippen molar-refractivity contribution in [3.05, 3.63) is 49.8 Å². The largest absolute Gasteiger partial charge is 0.503 e. The summed E-state index contributed by atoms with van der Waals surface area (Å²) in [5.74, 6) is 11.9. The Morgan fingerprint density at radius 3 is 2.42 bits per heavy atom. The normalized spacial score (nSPS) is 34.2. The summed E-state index contributed by atoms with van der Waals surface area (Å²) in [5, 5.41) is 63.3. The van der Waals surface area contributed by atoms with Gasteiger partial charge in [0.1, 0.15) is 18.3 Å². The van der Waals surface area contributed by atoms with Crippen LogP contribution in [0.15, 0.2) is 35.1 Å². The fourth-order valence-corrected chi connectivity index (χ4v) is 13.1. The topological polar surface area (TPSA) is 264 Å². The number of alkyl carbamates (subject to hydrolysis) is 1. The molecule has 0 spiro atoms. The Hall–Kier alpha value is -2.49. The van der Waals surface area contributed by atoms with Gasteiger partial charge in [-0.1, -0.05) is 70.0 Å². The number of ether oxygens (including phenoxy) is 9. The quantitative estimate of drug-likeness (QED) is 0.0322. The number of aliphatic hydroxyl groups is 4. The zero-order chi connectivity index (χ0) is 53.1. The fourth-order valence-electron chi connectivity index (χ4n) is 9.07. The number of hydroxylamine groups is 1. The third-order valence-electron chi connectivity index (χ3n) is 12.7. The first-order valence-electron chi connectivity index (χ1n) is 23.3. The predicted molar refractivity (Wildman–Crippen MR) is 285 cm³/mol. The lowest BCUT2D eigenvalue weighted by Crippen LogP contribution is -2.65. The number of thioether (sulfide) groups is 1. The van der Waals surface area contributed by atoms with Crippen LogP contribution in [0.25, 0.3) is 0 Å². The molecule has 1 amide bonds. The number of amides is 1. The maximum Gasteiger partial charge on any atom is 0.411 e. The monoisotopic (exact) mass is 1210 g/mol. The van der Waals surface area contributed by atoms with Gasteiger partial charge in [0, 0.05) is 43.3 Å². The number of halogens is 1. The number of carbonyl (C=O) groups is 2. The van der Waals surface area contributed by atoms with Gasteiger partial charge in [-0.2, -0.15) is 5.48 Å². The second kappa shape index (κ2) is 27.7. The molecule has 8 N–H and O–H groups in total. The molecule has 1 aromatic rings. The highest BCUT2D eigenvalue weighted by molar-refractivity contribution is 14.1. The molecule has 3 heterocycles. The number of nitrogens with one attached hydrogen (secondary N) is 3. The average molecular weight is 1210 g/mol. The van der Waals surface area contributed by atoms with E-state index in [-0.39, 0.29) is 77.7 Å². The number of phenolic OH excluding ortho intramolecular Hbond substituents is 1. The number of fused-ring (bicyclic) bond motifs is 2. The Bertz CT molecular complexity index is 2330. The van der Waals surface area contributed by atoms with Crippen molar-refractivity contribution in [1.82, 2.24) is 16.1 Å². The molecule has 0 radical (unpaired) electrons. The number of aromatic hydroxyl groups is 1. The molecule has 25 heteroatoms. The van der Waals surface area contributed by atoms with Crippen molar-refractivity contribution in [1.29, 1.82) is 0 Å². The van der Waals surface area contributed by atoms with E-state index in [4.69, 9.17) is 47.5 Å². The zero-order valence-electron chi connectivity index (χ0n) is 41.7. The number of aliphatic hydroxyl groups excluding tert-OH is 3. The van der Waals surface area contributed by atoms with Crippen LogP contribution in [0.1, 0.15) is 56.0 Å². The lowest BCUT2D eigenvalue weighted by atomic mass is 9.74. The van der Waals surface area contributed by atoms with Crippen LogP contribution >= 0.6 is 65.8 Å². The number of carbonyl (C=O) groups excluding carboxylic acids is 2. The summed E-state index contributed by atoms with van der Waals surface area (Å²) in [4.78, 5) is 32.9. The van der Waals surface area contributed by atoms with E-state index in [0.717, 1.165) is 11.8 Å². The minimum Gasteiger partial charge on any atom is -0.503 e. The minimum absolute atomic E-state index is 0.0113. The number of phenols is 1. The van der Waals surface area contributed by atoms with E-state index >= 15 is 0 Å². The highest BCUT2D eigenvalue weighted by Crippen LogP contribution is 2.47. The number of methoxy groups -OCH3 is 4. The Morgan fingerprint density at radius 2 is 1.75 bits per heavy atom. The number of likely N-dealkylation sites (N-methyl/N-ethyl adjacent to an activating group) is 1. The molecule has 3 saturated heterocycles. The van der Waals surface area contributed by atoms with Crippen LogP contribution in [0.3, 0.4) is 0 Å². The maximum atomic E-state index is 13.9. The van der Waals surface area contributed by atoms with E-state index in [0.29, 0.717) is 21.4 Å². The molecule has 5 aliphatic rings. The summed E-state index contributed by atoms with van der Waals surface area (Å²) >= 11 is 2.79. The van der Waals surface area contributed by atoms with Crippen LogP contribution in [0.2, 0.25) is 0 Å². The Balaban J connectivity index is 1.28. The summed E-state index contributed by atoms with van der Waals surface area (Å²) in [6, 6.07) is -1.19. The number of rotatable bonds is 19. The van der Waals surface area contributed by atoms with E-state index in [1.165, 1.54) is 64.9 Å². The van der Waals surface area contributed by atoms with Gasteiger partial charge in [0.25, 0.3) is 0 Å². The predicted octanol–water partition coefficient (Wildman–Crippen LogP) is 3.83. The van der Waals surface area contributed by atoms with Gasteiger partial charge in [-0.05, 0) is 83.7 Å². The highest BCUT2D eigenvalue weighted by atomic mass is 127. The van der Waals surface area contributed by atoms with Crippen LogP contribution in [-0.4, -0.2) is 181 Å². The Kier molecular flexibility index (Phi) is 22.7. The lowest BCUT2D eigenvalue weighted by molar-refractivity contribution is -0.336.